The smallest absolute Gasteiger partial charge is 0.229 e. The molecule has 0 saturated heterocycles. The van der Waals surface area contributed by atoms with Crippen LogP contribution in [0, 0.1) is 5.82 Å². The van der Waals surface area contributed by atoms with Gasteiger partial charge in [0.15, 0.2) is 5.82 Å². The van der Waals surface area contributed by atoms with E-state index in [0.29, 0.717) is 22.5 Å². The van der Waals surface area contributed by atoms with Gasteiger partial charge in [-0.25, -0.2) is 9.37 Å². The van der Waals surface area contributed by atoms with Crippen molar-refractivity contribution in [3.05, 3.63) is 70.1 Å². The molecule has 3 aromatic rings. The Morgan fingerprint density at radius 1 is 1.22 bits per heavy atom. The van der Waals surface area contributed by atoms with Gasteiger partial charge in [-0.15, -0.1) is 0 Å². The number of para-hydroxylation sites is 1. The van der Waals surface area contributed by atoms with Crippen molar-refractivity contribution in [3.63, 3.8) is 0 Å². The van der Waals surface area contributed by atoms with Gasteiger partial charge in [-0.3, -0.25) is 0 Å². The lowest BCUT2D eigenvalue weighted by atomic mass is 9.82. The number of nitrogens with one attached hydrogen (secondary N) is 1. The van der Waals surface area contributed by atoms with Crippen LogP contribution in [0.2, 0.25) is 5.02 Å². The summed E-state index contributed by atoms with van der Waals surface area (Å²) in [6, 6.07) is 11.9. The minimum absolute atomic E-state index is 0.00902. The first-order chi connectivity index (χ1) is 15.4. The highest BCUT2D eigenvalue weighted by atomic mass is 35.5. The maximum absolute atomic E-state index is 14.8. The SMILES string of the molecule is CCC1(C)CN(c2nc(Nc3cc4c(cc3F)CCN(C)C4)ncc2Cl)c2ccccc21. The quantitative estimate of drug-likeness (QED) is 0.541. The molecule has 0 amide bonds. The van der Waals surface area contributed by atoms with E-state index in [9.17, 15) is 4.39 Å². The molecule has 0 saturated carbocycles. The normalized spacial score (nSPS) is 20.2. The highest BCUT2D eigenvalue weighted by Crippen LogP contribution is 2.47. The molecule has 1 atom stereocenters. The van der Waals surface area contributed by atoms with Gasteiger partial charge in [0.05, 0.1) is 11.9 Å². The summed E-state index contributed by atoms with van der Waals surface area (Å²) in [4.78, 5) is 13.4. The molecule has 0 spiro atoms. The van der Waals surface area contributed by atoms with Crippen LogP contribution in [0.4, 0.5) is 27.5 Å². The molecule has 0 bridgehead atoms. The fourth-order valence-corrected chi connectivity index (χ4v) is 4.97. The lowest BCUT2D eigenvalue weighted by Gasteiger charge is -2.26. The molecule has 166 valence electrons. The number of rotatable bonds is 4. The van der Waals surface area contributed by atoms with Crippen LogP contribution in [0.15, 0.2) is 42.6 Å². The van der Waals surface area contributed by atoms with Crippen LogP contribution in [-0.2, 0) is 18.4 Å². The van der Waals surface area contributed by atoms with Crippen molar-refractivity contribution >= 4 is 34.7 Å². The average molecular weight is 452 g/mol. The predicted octanol–water partition coefficient (Wildman–Crippen LogP) is 5.82. The first-order valence-corrected chi connectivity index (χ1v) is 11.4. The molecule has 0 aliphatic carbocycles. The van der Waals surface area contributed by atoms with Gasteiger partial charge in [0.1, 0.15) is 10.8 Å². The van der Waals surface area contributed by atoms with Crippen molar-refractivity contribution < 1.29 is 4.39 Å². The van der Waals surface area contributed by atoms with Crippen LogP contribution in [-0.4, -0.2) is 35.0 Å². The number of likely N-dealkylation sites (N-methyl/N-ethyl adjacent to an activating group) is 1. The van der Waals surface area contributed by atoms with Crippen molar-refractivity contribution in [1.29, 1.82) is 0 Å². The molecule has 5 rings (SSSR count). The molecule has 2 aliphatic rings. The van der Waals surface area contributed by atoms with E-state index in [1.165, 1.54) is 5.56 Å². The zero-order valence-corrected chi connectivity index (χ0v) is 19.4. The minimum atomic E-state index is -0.293. The Balaban J connectivity index is 1.49. The van der Waals surface area contributed by atoms with Crippen LogP contribution < -0.4 is 10.2 Å². The summed E-state index contributed by atoms with van der Waals surface area (Å²) in [6.07, 6.45) is 3.44. The zero-order chi connectivity index (χ0) is 22.5. The predicted molar refractivity (Wildman–Crippen MR) is 128 cm³/mol. The fraction of sp³-hybridized carbons (Fsp3) is 0.360. The van der Waals surface area contributed by atoms with Gasteiger partial charge in [-0.2, -0.15) is 4.98 Å². The van der Waals surface area contributed by atoms with E-state index in [0.717, 1.165) is 49.3 Å². The maximum atomic E-state index is 14.8. The number of hydrogen-bond acceptors (Lipinski definition) is 5. The summed E-state index contributed by atoms with van der Waals surface area (Å²) in [6.45, 7) is 6.98. The van der Waals surface area contributed by atoms with Crippen LogP contribution in [0.25, 0.3) is 0 Å². The molecule has 3 heterocycles. The van der Waals surface area contributed by atoms with E-state index in [1.807, 2.05) is 12.1 Å². The maximum Gasteiger partial charge on any atom is 0.229 e. The third-order valence-electron chi connectivity index (χ3n) is 6.85. The van der Waals surface area contributed by atoms with Gasteiger partial charge < -0.3 is 15.1 Å². The van der Waals surface area contributed by atoms with Crippen molar-refractivity contribution in [1.82, 2.24) is 14.9 Å². The molecule has 2 aromatic carbocycles. The lowest BCUT2D eigenvalue weighted by molar-refractivity contribution is 0.312. The Morgan fingerprint density at radius 2 is 2.03 bits per heavy atom. The Hall–Kier alpha value is -2.70. The molecule has 5 nitrogen and oxygen atoms in total. The first-order valence-electron chi connectivity index (χ1n) is 11.0. The minimum Gasteiger partial charge on any atom is -0.324 e. The second-order valence-corrected chi connectivity index (χ2v) is 9.50. The monoisotopic (exact) mass is 451 g/mol. The summed E-state index contributed by atoms with van der Waals surface area (Å²) >= 11 is 6.55. The van der Waals surface area contributed by atoms with Gasteiger partial charge in [-0.1, -0.05) is 43.6 Å². The molecular formula is C25H27ClFN5. The van der Waals surface area contributed by atoms with Gasteiger partial charge >= 0.3 is 0 Å². The summed E-state index contributed by atoms with van der Waals surface area (Å²) in [5.74, 6) is 0.667. The van der Waals surface area contributed by atoms with Crippen LogP contribution in [0.3, 0.4) is 0 Å². The van der Waals surface area contributed by atoms with E-state index in [1.54, 1.807) is 12.3 Å². The second-order valence-electron chi connectivity index (χ2n) is 9.10. The largest absolute Gasteiger partial charge is 0.324 e. The first kappa shape index (κ1) is 21.2. The van der Waals surface area contributed by atoms with Crippen molar-refractivity contribution in [3.8, 4) is 0 Å². The molecule has 0 fully saturated rings. The average Bonchev–Trinajstić information content (AvgIpc) is 3.09. The van der Waals surface area contributed by atoms with Crippen LogP contribution in [0.1, 0.15) is 37.0 Å². The van der Waals surface area contributed by atoms with Gasteiger partial charge in [-0.05, 0) is 54.8 Å². The summed E-state index contributed by atoms with van der Waals surface area (Å²) in [5, 5.41) is 3.56. The topological polar surface area (TPSA) is 44.3 Å². The lowest BCUT2D eigenvalue weighted by Crippen LogP contribution is -2.28. The molecule has 7 heteroatoms. The molecule has 32 heavy (non-hydrogen) atoms. The van der Waals surface area contributed by atoms with Gasteiger partial charge in [0.25, 0.3) is 0 Å². The standard InChI is InChI=1S/C25H27ClFN5/c1-4-25(2)15-32(22-8-6-5-7-18(22)25)23-19(26)13-28-24(30-23)29-21-12-17-14-31(3)10-9-16(17)11-20(21)27/h5-8,11-13H,4,9-10,14-15H2,1-3H3,(H,28,29,30). The summed E-state index contributed by atoms with van der Waals surface area (Å²) < 4.78 is 14.8. The second kappa shape index (κ2) is 8.01. The van der Waals surface area contributed by atoms with Crippen LogP contribution >= 0.6 is 11.6 Å². The van der Waals surface area contributed by atoms with E-state index in [4.69, 9.17) is 16.6 Å². The highest BCUT2D eigenvalue weighted by Gasteiger charge is 2.39. The molecular weight excluding hydrogens is 425 g/mol. The van der Waals surface area contributed by atoms with Crippen molar-refractivity contribution in [2.24, 2.45) is 0 Å². The third-order valence-corrected chi connectivity index (χ3v) is 7.12. The van der Waals surface area contributed by atoms with E-state index < -0.39 is 0 Å². The third kappa shape index (κ3) is 3.61. The van der Waals surface area contributed by atoms with E-state index in [2.05, 4.69) is 59.2 Å². The van der Waals surface area contributed by atoms with E-state index >= 15 is 0 Å². The van der Waals surface area contributed by atoms with Crippen molar-refractivity contribution in [2.75, 3.05) is 30.4 Å². The molecule has 1 unspecified atom stereocenters. The van der Waals surface area contributed by atoms with Gasteiger partial charge in [0, 0.05) is 30.7 Å². The number of benzene rings is 2. The number of anilines is 4. The summed E-state index contributed by atoms with van der Waals surface area (Å²) in [7, 11) is 2.08. The number of aromatic nitrogens is 2. The van der Waals surface area contributed by atoms with Crippen molar-refractivity contribution in [2.45, 2.75) is 38.6 Å². The Bertz CT molecular complexity index is 1180. The number of fused-ring (bicyclic) bond motifs is 2. The number of halogens is 2. The highest BCUT2D eigenvalue weighted by molar-refractivity contribution is 6.33. The Morgan fingerprint density at radius 3 is 2.84 bits per heavy atom. The number of hydrogen-bond donors (Lipinski definition) is 1. The number of nitrogens with zero attached hydrogens (tertiary/aromatic N) is 4. The fourth-order valence-electron chi connectivity index (χ4n) is 4.77. The van der Waals surface area contributed by atoms with E-state index in [-0.39, 0.29) is 11.2 Å². The Labute approximate surface area is 193 Å². The van der Waals surface area contributed by atoms with Crippen LogP contribution in [0.5, 0.6) is 0 Å². The summed E-state index contributed by atoms with van der Waals surface area (Å²) in [5.41, 5.74) is 4.98. The molecule has 1 N–H and O–H groups in total. The molecule has 2 aliphatic heterocycles. The molecule has 0 radical (unpaired) electrons. The van der Waals surface area contributed by atoms with Gasteiger partial charge in [0.2, 0.25) is 5.95 Å². The zero-order valence-electron chi connectivity index (χ0n) is 18.6. The molecule has 1 aromatic heterocycles. The Kier molecular flexibility index (Phi) is 5.30.